The van der Waals surface area contributed by atoms with Crippen molar-refractivity contribution in [1.82, 2.24) is 10.6 Å². The van der Waals surface area contributed by atoms with Gasteiger partial charge in [-0.15, -0.1) is 0 Å². The molecule has 1 amide bonds. The lowest BCUT2D eigenvalue weighted by atomic mass is 10.0. The van der Waals surface area contributed by atoms with Crippen LogP contribution in [0.1, 0.15) is 25.7 Å². The molecule has 1 rings (SSSR count). The van der Waals surface area contributed by atoms with E-state index in [0.717, 1.165) is 25.8 Å². The van der Waals surface area contributed by atoms with Crippen molar-refractivity contribution in [1.29, 1.82) is 0 Å². The second-order valence-corrected chi connectivity index (χ2v) is 4.18. The zero-order valence-corrected chi connectivity index (χ0v) is 9.87. The first-order chi connectivity index (χ1) is 7.77. The molecule has 1 unspecified atom stereocenters. The summed E-state index contributed by atoms with van der Waals surface area (Å²) < 4.78 is 5.00. The number of hydrogen-bond acceptors (Lipinski definition) is 4. The first-order valence-electron chi connectivity index (χ1n) is 5.91. The fourth-order valence-corrected chi connectivity index (χ4v) is 1.93. The van der Waals surface area contributed by atoms with E-state index in [9.17, 15) is 4.79 Å². The van der Waals surface area contributed by atoms with E-state index in [1.807, 2.05) is 0 Å². The van der Waals surface area contributed by atoms with Crippen molar-refractivity contribution < 1.29 is 14.6 Å². The molecule has 1 heterocycles. The molecule has 1 aliphatic rings. The Morgan fingerprint density at radius 1 is 1.62 bits per heavy atom. The zero-order valence-electron chi connectivity index (χ0n) is 9.87. The highest BCUT2D eigenvalue weighted by atomic mass is 16.5. The molecule has 0 radical (unpaired) electrons. The second kappa shape index (κ2) is 7.60. The topological polar surface area (TPSA) is 70.6 Å². The predicted octanol–water partition coefficient (Wildman–Crippen LogP) is -0.358. The fourth-order valence-electron chi connectivity index (χ4n) is 1.93. The molecule has 0 saturated carbocycles. The van der Waals surface area contributed by atoms with Gasteiger partial charge in [0.15, 0.2) is 0 Å². The van der Waals surface area contributed by atoms with E-state index >= 15 is 0 Å². The number of piperidine rings is 1. The van der Waals surface area contributed by atoms with Crippen LogP contribution in [0.3, 0.4) is 0 Å². The van der Waals surface area contributed by atoms with E-state index in [1.165, 1.54) is 0 Å². The maximum atomic E-state index is 11.8. The Bertz CT molecular complexity index is 199. The van der Waals surface area contributed by atoms with Crippen molar-refractivity contribution in [2.45, 2.75) is 37.8 Å². The molecular weight excluding hydrogens is 208 g/mol. The number of rotatable bonds is 6. The summed E-state index contributed by atoms with van der Waals surface area (Å²) in [4.78, 5) is 11.8. The molecule has 1 aliphatic heterocycles. The van der Waals surface area contributed by atoms with Gasteiger partial charge in [0.1, 0.15) is 0 Å². The summed E-state index contributed by atoms with van der Waals surface area (Å²) in [7, 11) is 1.59. The van der Waals surface area contributed by atoms with E-state index in [0.29, 0.717) is 13.0 Å². The van der Waals surface area contributed by atoms with Crippen LogP contribution in [-0.4, -0.2) is 50.0 Å². The van der Waals surface area contributed by atoms with Crippen molar-refractivity contribution in [2.75, 3.05) is 26.9 Å². The second-order valence-electron chi connectivity index (χ2n) is 4.18. The van der Waals surface area contributed by atoms with Crippen LogP contribution >= 0.6 is 0 Å². The Morgan fingerprint density at radius 2 is 2.44 bits per heavy atom. The molecule has 0 aliphatic carbocycles. The minimum absolute atomic E-state index is 0.0233. The molecule has 5 heteroatoms. The van der Waals surface area contributed by atoms with E-state index in [2.05, 4.69) is 10.6 Å². The van der Waals surface area contributed by atoms with E-state index in [1.54, 1.807) is 7.11 Å². The van der Waals surface area contributed by atoms with Crippen molar-refractivity contribution in [2.24, 2.45) is 0 Å². The average Bonchev–Trinajstić information content (AvgIpc) is 2.31. The number of aliphatic hydroxyl groups is 1. The van der Waals surface area contributed by atoms with Gasteiger partial charge in [-0.05, 0) is 25.8 Å². The predicted molar refractivity (Wildman–Crippen MR) is 61.2 cm³/mol. The van der Waals surface area contributed by atoms with E-state index in [-0.39, 0.29) is 24.6 Å². The summed E-state index contributed by atoms with van der Waals surface area (Å²) in [6.45, 7) is 1.42. The minimum Gasteiger partial charge on any atom is -0.396 e. The van der Waals surface area contributed by atoms with Gasteiger partial charge in [0.05, 0.1) is 18.7 Å². The zero-order chi connectivity index (χ0) is 11.8. The fraction of sp³-hybridized carbons (Fsp3) is 0.909. The minimum atomic E-state index is -0.0915. The maximum absolute atomic E-state index is 11.8. The lowest BCUT2D eigenvalue weighted by Crippen LogP contribution is -2.50. The van der Waals surface area contributed by atoms with Crippen LogP contribution in [0.25, 0.3) is 0 Å². The van der Waals surface area contributed by atoms with Crippen molar-refractivity contribution >= 4 is 5.91 Å². The van der Waals surface area contributed by atoms with Gasteiger partial charge in [0.2, 0.25) is 5.91 Å². The van der Waals surface area contributed by atoms with Gasteiger partial charge in [-0.2, -0.15) is 0 Å². The summed E-state index contributed by atoms with van der Waals surface area (Å²) in [6, 6.07) is -0.168. The van der Waals surface area contributed by atoms with Crippen molar-refractivity contribution in [3.63, 3.8) is 0 Å². The summed E-state index contributed by atoms with van der Waals surface area (Å²) in [6.07, 6.45) is 3.67. The van der Waals surface area contributed by atoms with Crippen LogP contribution in [0.5, 0.6) is 0 Å². The molecule has 1 fully saturated rings. The normalized spacial score (nSPS) is 22.8. The Kier molecular flexibility index (Phi) is 6.37. The Balaban J connectivity index is 2.33. The third kappa shape index (κ3) is 4.47. The van der Waals surface area contributed by atoms with Gasteiger partial charge in [0, 0.05) is 13.7 Å². The molecular formula is C11H22N2O3. The lowest BCUT2D eigenvalue weighted by Gasteiger charge is -2.25. The van der Waals surface area contributed by atoms with Crippen molar-refractivity contribution in [3.05, 3.63) is 0 Å². The van der Waals surface area contributed by atoms with E-state index in [4.69, 9.17) is 9.84 Å². The number of carbonyl (C=O) groups excluding carboxylic acids is 1. The summed E-state index contributed by atoms with van der Waals surface area (Å²) >= 11 is 0. The largest absolute Gasteiger partial charge is 0.396 e. The molecule has 0 aromatic carbocycles. The van der Waals surface area contributed by atoms with Crippen LogP contribution in [0.4, 0.5) is 0 Å². The Morgan fingerprint density at radius 3 is 3.00 bits per heavy atom. The van der Waals surface area contributed by atoms with Crippen LogP contribution < -0.4 is 10.6 Å². The molecule has 5 nitrogen and oxygen atoms in total. The molecule has 16 heavy (non-hydrogen) atoms. The first-order valence-corrected chi connectivity index (χ1v) is 5.91. The van der Waals surface area contributed by atoms with Gasteiger partial charge < -0.3 is 20.5 Å². The highest BCUT2D eigenvalue weighted by molar-refractivity contribution is 5.82. The van der Waals surface area contributed by atoms with Crippen LogP contribution in [0.2, 0.25) is 0 Å². The van der Waals surface area contributed by atoms with Crippen LogP contribution in [0, 0.1) is 0 Å². The molecule has 94 valence electrons. The molecule has 0 bridgehead atoms. The summed E-state index contributed by atoms with van der Waals surface area (Å²) in [5, 5.41) is 15.0. The number of aliphatic hydroxyl groups excluding tert-OH is 1. The van der Waals surface area contributed by atoms with Crippen LogP contribution in [-0.2, 0) is 9.53 Å². The molecule has 0 aromatic heterocycles. The quantitative estimate of drug-likeness (QED) is 0.583. The number of carbonyl (C=O) groups is 1. The smallest absolute Gasteiger partial charge is 0.237 e. The molecule has 2 atom stereocenters. The van der Waals surface area contributed by atoms with Crippen LogP contribution in [0.15, 0.2) is 0 Å². The van der Waals surface area contributed by atoms with Gasteiger partial charge in [-0.1, -0.05) is 6.42 Å². The van der Waals surface area contributed by atoms with Gasteiger partial charge in [-0.3, -0.25) is 4.79 Å². The molecule has 3 N–H and O–H groups in total. The molecule has 0 spiro atoms. The summed E-state index contributed by atoms with van der Waals surface area (Å²) in [5.74, 6) is 0.0233. The number of amides is 1. The number of nitrogens with one attached hydrogen (secondary N) is 2. The van der Waals surface area contributed by atoms with E-state index < -0.39 is 0 Å². The summed E-state index contributed by atoms with van der Waals surface area (Å²) in [5.41, 5.74) is 0. The highest BCUT2D eigenvalue weighted by Gasteiger charge is 2.22. The average molecular weight is 230 g/mol. The van der Waals surface area contributed by atoms with Gasteiger partial charge in [0.25, 0.3) is 0 Å². The van der Waals surface area contributed by atoms with Gasteiger partial charge >= 0.3 is 0 Å². The third-order valence-corrected chi connectivity index (χ3v) is 2.82. The third-order valence-electron chi connectivity index (χ3n) is 2.82. The maximum Gasteiger partial charge on any atom is 0.237 e. The Hall–Kier alpha value is -0.650. The first kappa shape index (κ1) is 13.4. The molecule has 0 aromatic rings. The standard InChI is InChI=1S/C11H22N2O3/c1-16-8-9(5-7-14)13-11(15)10-4-2-3-6-12-10/h9-10,12,14H,2-8H2,1H3,(H,13,15)/t9?,10-/m0/s1. The SMILES string of the molecule is COCC(CCO)NC(=O)[C@@H]1CCCCN1. The highest BCUT2D eigenvalue weighted by Crippen LogP contribution is 2.07. The van der Waals surface area contributed by atoms with Gasteiger partial charge in [-0.25, -0.2) is 0 Å². The number of hydrogen-bond donors (Lipinski definition) is 3. The monoisotopic (exact) mass is 230 g/mol. The number of ether oxygens (including phenoxy) is 1. The lowest BCUT2D eigenvalue weighted by molar-refractivity contribution is -0.124. The Labute approximate surface area is 96.6 Å². The number of methoxy groups -OCH3 is 1. The van der Waals surface area contributed by atoms with Crippen molar-refractivity contribution in [3.8, 4) is 0 Å². The molecule has 1 saturated heterocycles.